The van der Waals surface area contributed by atoms with Crippen molar-refractivity contribution in [1.29, 1.82) is 0 Å². The maximum Gasteiger partial charge on any atom is 0.416 e. The van der Waals surface area contributed by atoms with E-state index in [0.717, 1.165) is 18.9 Å². The summed E-state index contributed by atoms with van der Waals surface area (Å²) >= 11 is 0. The van der Waals surface area contributed by atoms with Gasteiger partial charge in [-0.05, 0) is 30.9 Å². The van der Waals surface area contributed by atoms with Crippen molar-refractivity contribution < 1.29 is 22.8 Å². The Kier molecular flexibility index (Phi) is 4.38. The smallest absolute Gasteiger partial charge is 0.351 e. The zero-order valence-corrected chi connectivity index (χ0v) is 12.8. The lowest BCUT2D eigenvalue weighted by Crippen LogP contribution is -2.43. The van der Waals surface area contributed by atoms with Crippen LogP contribution in [0.25, 0.3) is 0 Å². The van der Waals surface area contributed by atoms with Crippen LogP contribution in [0.4, 0.5) is 18.0 Å². The lowest BCUT2D eigenvalue weighted by atomic mass is 10.0. The van der Waals surface area contributed by atoms with Crippen LogP contribution in [-0.2, 0) is 11.0 Å². The standard InChI is InChI=1S/C16H18F3N3O2/c17-16(18,19)12-4-2-1-3-10(12)11-7-13(11)22-14(23)8-20-15(24)21-9-5-6-9/h1-4,9,11,13H,5-8H2,(H,22,23)(H2,20,21,24)/t11-,13-/m1/s1. The molecule has 2 saturated carbocycles. The minimum atomic E-state index is -4.41. The summed E-state index contributed by atoms with van der Waals surface area (Å²) < 4.78 is 39.0. The Morgan fingerprint density at radius 3 is 2.50 bits per heavy atom. The van der Waals surface area contributed by atoms with E-state index in [9.17, 15) is 22.8 Å². The quantitative estimate of drug-likeness (QED) is 0.768. The highest BCUT2D eigenvalue weighted by atomic mass is 19.4. The van der Waals surface area contributed by atoms with Gasteiger partial charge >= 0.3 is 12.2 Å². The topological polar surface area (TPSA) is 70.2 Å². The fourth-order valence-corrected chi connectivity index (χ4v) is 2.66. The highest BCUT2D eigenvalue weighted by Crippen LogP contribution is 2.46. The van der Waals surface area contributed by atoms with Gasteiger partial charge in [0.05, 0.1) is 12.1 Å². The average molecular weight is 341 g/mol. The number of rotatable bonds is 5. The van der Waals surface area contributed by atoms with Crippen LogP contribution >= 0.6 is 0 Å². The lowest BCUT2D eigenvalue weighted by molar-refractivity contribution is -0.138. The second-order valence-corrected chi connectivity index (χ2v) is 6.20. The van der Waals surface area contributed by atoms with Crippen molar-refractivity contribution >= 4 is 11.9 Å². The predicted octanol–water partition coefficient (Wildman–Crippen LogP) is 2.14. The van der Waals surface area contributed by atoms with Gasteiger partial charge in [-0.25, -0.2) is 4.79 Å². The van der Waals surface area contributed by atoms with Crippen molar-refractivity contribution in [3.05, 3.63) is 35.4 Å². The number of hydrogen-bond donors (Lipinski definition) is 3. The first-order valence-corrected chi connectivity index (χ1v) is 7.84. The molecule has 130 valence electrons. The van der Waals surface area contributed by atoms with Crippen LogP contribution in [0.2, 0.25) is 0 Å². The third kappa shape index (κ3) is 4.18. The van der Waals surface area contributed by atoms with Gasteiger partial charge in [0, 0.05) is 18.0 Å². The van der Waals surface area contributed by atoms with Crippen molar-refractivity contribution in [2.75, 3.05) is 6.54 Å². The average Bonchev–Trinajstić information content (AvgIpc) is 3.41. The van der Waals surface area contributed by atoms with Crippen LogP contribution in [0, 0.1) is 0 Å². The summed E-state index contributed by atoms with van der Waals surface area (Å²) in [5.74, 6) is -0.745. The van der Waals surface area contributed by atoms with Gasteiger partial charge in [0.1, 0.15) is 0 Å². The van der Waals surface area contributed by atoms with Crippen LogP contribution in [0.3, 0.4) is 0 Å². The van der Waals surface area contributed by atoms with Gasteiger partial charge in [-0.3, -0.25) is 4.79 Å². The molecular weight excluding hydrogens is 323 g/mol. The van der Waals surface area contributed by atoms with Gasteiger partial charge in [0.25, 0.3) is 0 Å². The third-order valence-electron chi connectivity index (χ3n) is 4.12. The summed E-state index contributed by atoms with van der Waals surface area (Å²) in [5, 5.41) is 7.77. The monoisotopic (exact) mass is 341 g/mol. The molecule has 24 heavy (non-hydrogen) atoms. The number of urea groups is 1. The van der Waals surface area contributed by atoms with Crippen LogP contribution in [0.5, 0.6) is 0 Å². The number of carbonyl (C=O) groups excluding carboxylic acids is 2. The molecule has 0 bridgehead atoms. The van der Waals surface area contributed by atoms with Gasteiger partial charge in [-0.1, -0.05) is 18.2 Å². The maximum absolute atomic E-state index is 13.0. The molecule has 3 N–H and O–H groups in total. The van der Waals surface area contributed by atoms with Gasteiger partial charge in [-0.15, -0.1) is 0 Å². The molecule has 1 aromatic rings. The second-order valence-electron chi connectivity index (χ2n) is 6.20. The summed E-state index contributed by atoms with van der Waals surface area (Å²) in [6, 6.07) is 4.88. The first-order valence-electron chi connectivity index (χ1n) is 7.84. The molecule has 0 aliphatic heterocycles. The van der Waals surface area contributed by atoms with E-state index in [2.05, 4.69) is 16.0 Å². The zero-order chi connectivity index (χ0) is 17.3. The molecule has 2 atom stereocenters. The Bertz CT molecular complexity index is 644. The third-order valence-corrected chi connectivity index (χ3v) is 4.12. The molecule has 2 aliphatic rings. The zero-order valence-electron chi connectivity index (χ0n) is 12.8. The molecule has 3 amide bonds. The van der Waals surface area contributed by atoms with E-state index in [4.69, 9.17) is 0 Å². The molecule has 2 aliphatic carbocycles. The largest absolute Gasteiger partial charge is 0.416 e. The molecular formula is C16H18F3N3O2. The van der Waals surface area contributed by atoms with E-state index < -0.39 is 23.7 Å². The van der Waals surface area contributed by atoms with Crippen molar-refractivity contribution in [2.24, 2.45) is 0 Å². The maximum atomic E-state index is 13.0. The number of amides is 3. The summed E-state index contributed by atoms with van der Waals surface area (Å²) in [6.07, 6.45) is -2.05. The fourth-order valence-electron chi connectivity index (χ4n) is 2.66. The number of alkyl halides is 3. The number of benzene rings is 1. The minimum absolute atomic E-state index is 0.192. The predicted molar refractivity (Wildman–Crippen MR) is 80.3 cm³/mol. The second kappa shape index (κ2) is 6.33. The molecule has 1 aromatic carbocycles. The van der Waals surface area contributed by atoms with Crippen LogP contribution in [-0.4, -0.2) is 30.6 Å². The van der Waals surface area contributed by atoms with Crippen LogP contribution < -0.4 is 16.0 Å². The van der Waals surface area contributed by atoms with Gasteiger partial charge < -0.3 is 16.0 Å². The summed E-state index contributed by atoms with van der Waals surface area (Å²) in [4.78, 5) is 23.2. The van der Waals surface area contributed by atoms with Crippen LogP contribution in [0.1, 0.15) is 36.3 Å². The minimum Gasteiger partial charge on any atom is -0.351 e. The van der Waals surface area contributed by atoms with Crippen molar-refractivity contribution in [3.8, 4) is 0 Å². The molecule has 0 radical (unpaired) electrons. The van der Waals surface area contributed by atoms with Gasteiger partial charge in [-0.2, -0.15) is 13.2 Å². The first-order chi connectivity index (χ1) is 11.3. The first kappa shape index (κ1) is 16.6. The van der Waals surface area contributed by atoms with E-state index in [0.29, 0.717) is 6.42 Å². The molecule has 2 fully saturated rings. The van der Waals surface area contributed by atoms with Crippen molar-refractivity contribution in [2.45, 2.75) is 43.4 Å². The van der Waals surface area contributed by atoms with E-state index >= 15 is 0 Å². The number of halogens is 3. The summed E-state index contributed by atoms with van der Waals surface area (Å²) in [5.41, 5.74) is -0.455. The summed E-state index contributed by atoms with van der Waals surface area (Å²) in [6.45, 7) is -0.192. The number of nitrogens with one attached hydrogen (secondary N) is 3. The Morgan fingerprint density at radius 1 is 1.12 bits per heavy atom. The van der Waals surface area contributed by atoms with Crippen molar-refractivity contribution in [3.63, 3.8) is 0 Å². The normalized spacial score (nSPS) is 22.6. The molecule has 5 nitrogen and oxygen atoms in total. The Balaban J connectivity index is 1.49. The molecule has 0 unspecified atom stereocenters. The van der Waals surface area contributed by atoms with E-state index in [1.165, 1.54) is 12.1 Å². The Morgan fingerprint density at radius 2 is 1.83 bits per heavy atom. The van der Waals surface area contributed by atoms with Gasteiger partial charge in [0.2, 0.25) is 5.91 Å². The van der Waals surface area contributed by atoms with E-state index in [1.54, 1.807) is 6.07 Å². The van der Waals surface area contributed by atoms with Gasteiger partial charge in [0.15, 0.2) is 0 Å². The highest BCUT2D eigenvalue weighted by Gasteiger charge is 2.44. The summed E-state index contributed by atoms with van der Waals surface area (Å²) in [7, 11) is 0. The molecule has 3 rings (SSSR count). The molecule has 0 aromatic heterocycles. The Labute approximate surface area is 137 Å². The molecule has 8 heteroatoms. The Hall–Kier alpha value is -2.25. The highest BCUT2D eigenvalue weighted by molar-refractivity contribution is 5.84. The van der Waals surface area contributed by atoms with E-state index in [1.807, 2.05) is 0 Å². The van der Waals surface area contributed by atoms with E-state index in [-0.39, 0.29) is 30.1 Å². The molecule has 0 heterocycles. The SMILES string of the molecule is O=C(CNC(=O)NC1CC1)N[C@@H]1C[C@@H]1c1ccccc1C(F)(F)F. The molecule has 0 spiro atoms. The van der Waals surface area contributed by atoms with Crippen molar-refractivity contribution in [1.82, 2.24) is 16.0 Å². The molecule has 0 saturated heterocycles. The number of hydrogen-bond acceptors (Lipinski definition) is 2. The van der Waals surface area contributed by atoms with Crippen LogP contribution in [0.15, 0.2) is 24.3 Å². The number of carbonyl (C=O) groups is 2. The lowest BCUT2D eigenvalue weighted by Gasteiger charge is -2.13. The fraction of sp³-hybridized carbons (Fsp3) is 0.500.